The van der Waals surface area contributed by atoms with Crippen molar-refractivity contribution in [3.05, 3.63) is 0 Å². The van der Waals surface area contributed by atoms with E-state index < -0.39 is 23.4 Å². The summed E-state index contributed by atoms with van der Waals surface area (Å²) >= 11 is 0. The van der Waals surface area contributed by atoms with Gasteiger partial charge >= 0.3 is 0 Å². The van der Waals surface area contributed by atoms with Gasteiger partial charge in [0.15, 0.2) is 5.78 Å². The molecule has 0 saturated heterocycles. The fraction of sp³-hybridized carbons (Fsp3) is 0.444. The highest BCUT2D eigenvalue weighted by atomic mass is 16.5. The second-order valence-corrected chi connectivity index (χ2v) is 2.55. The third-order valence-electron chi connectivity index (χ3n) is 1.28. The normalized spacial score (nSPS) is 11.1. The van der Waals surface area contributed by atoms with Gasteiger partial charge in [-0.3, -0.25) is 14.4 Å². The van der Waals surface area contributed by atoms with Gasteiger partial charge in [-0.25, -0.2) is 0 Å². The molecular formula is C9H11NO4. The maximum atomic E-state index is 11.0. The Kier molecular flexibility index (Phi) is 5.37. The number of ketones is 3. The number of hydrogen-bond acceptors (Lipinski definition) is 5. The maximum Gasteiger partial charge on any atom is 0.230 e. The van der Waals surface area contributed by atoms with Crippen molar-refractivity contribution in [1.82, 2.24) is 0 Å². The number of hydrogen-bond donors (Lipinski definition) is 1. The van der Waals surface area contributed by atoms with E-state index in [9.17, 15) is 14.4 Å². The van der Waals surface area contributed by atoms with Gasteiger partial charge < -0.3 is 10.5 Å². The van der Waals surface area contributed by atoms with Crippen molar-refractivity contribution in [1.29, 1.82) is 0 Å². The Bertz CT molecular complexity index is 311. The highest BCUT2D eigenvalue weighted by Crippen LogP contribution is 1.85. The van der Waals surface area contributed by atoms with Crippen molar-refractivity contribution >= 4 is 17.3 Å². The van der Waals surface area contributed by atoms with E-state index in [2.05, 4.69) is 4.74 Å². The molecule has 76 valence electrons. The predicted octanol–water partition coefficient (Wildman–Crippen LogP) is -1.31. The Labute approximate surface area is 81.6 Å². The van der Waals surface area contributed by atoms with Crippen LogP contribution in [0.15, 0.2) is 0 Å². The molecule has 5 heteroatoms. The van der Waals surface area contributed by atoms with Crippen LogP contribution >= 0.6 is 0 Å². The molecule has 0 amide bonds. The minimum atomic E-state index is -1.33. The lowest BCUT2D eigenvalue weighted by Crippen LogP contribution is -2.40. The first-order valence-corrected chi connectivity index (χ1v) is 3.82. The fourth-order valence-corrected chi connectivity index (χ4v) is 0.606. The second kappa shape index (κ2) is 6.02. The monoisotopic (exact) mass is 197 g/mol. The molecule has 0 fully saturated rings. The maximum absolute atomic E-state index is 11.0. The first kappa shape index (κ1) is 12.5. The molecule has 0 radical (unpaired) electrons. The highest BCUT2D eigenvalue weighted by Gasteiger charge is 2.19. The number of rotatable bonds is 4. The van der Waals surface area contributed by atoms with Crippen molar-refractivity contribution in [2.45, 2.75) is 13.0 Å². The molecule has 0 aliphatic rings. The van der Waals surface area contributed by atoms with Crippen molar-refractivity contribution in [3.8, 4) is 11.8 Å². The Morgan fingerprint density at radius 3 is 2.36 bits per heavy atom. The molecule has 0 aliphatic carbocycles. The molecule has 0 aromatic rings. The Morgan fingerprint density at radius 1 is 1.36 bits per heavy atom. The van der Waals surface area contributed by atoms with E-state index in [1.807, 2.05) is 11.8 Å². The molecule has 0 aromatic heterocycles. The zero-order valence-corrected chi connectivity index (χ0v) is 7.99. The van der Waals surface area contributed by atoms with Crippen molar-refractivity contribution in [3.63, 3.8) is 0 Å². The first-order chi connectivity index (χ1) is 6.49. The average Bonchev–Trinajstić information content (AvgIpc) is 2.13. The zero-order chi connectivity index (χ0) is 11.1. The number of carbonyl (C=O) groups is 3. The molecule has 0 rings (SSSR count). The quantitative estimate of drug-likeness (QED) is 0.343. The summed E-state index contributed by atoms with van der Waals surface area (Å²) in [6.07, 6.45) is 0. The molecule has 1 unspecified atom stereocenters. The van der Waals surface area contributed by atoms with E-state index in [0.29, 0.717) is 0 Å². The Morgan fingerprint density at radius 2 is 1.93 bits per heavy atom. The van der Waals surface area contributed by atoms with Gasteiger partial charge in [-0.2, -0.15) is 0 Å². The van der Waals surface area contributed by atoms with Crippen LogP contribution in [0, 0.1) is 11.8 Å². The van der Waals surface area contributed by atoms with Crippen LogP contribution in [0.1, 0.15) is 6.92 Å². The van der Waals surface area contributed by atoms with Gasteiger partial charge in [0.25, 0.3) is 0 Å². The van der Waals surface area contributed by atoms with Crippen LogP contribution in [0.2, 0.25) is 0 Å². The minimum Gasteiger partial charge on any atom is -0.377 e. The number of Topliss-reactive ketones (excluding diaryl/α,β-unsaturated/α-hetero) is 3. The largest absolute Gasteiger partial charge is 0.377 e. The standard InChI is InChI=1S/C9H11NO4/c1-6(11)3-4-7(12)9(10)8(13)5-14-2/h9H,5,10H2,1-2H3. The van der Waals surface area contributed by atoms with Crippen LogP contribution in [-0.4, -0.2) is 37.1 Å². The molecule has 14 heavy (non-hydrogen) atoms. The summed E-state index contributed by atoms with van der Waals surface area (Å²) < 4.78 is 4.50. The summed E-state index contributed by atoms with van der Waals surface area (Å²) in [7, 11) is 1.32. The molecule has 1 atom stereocenters. The molecule has 0 bridgehead atoms. The van der Waals surface area contributed by atoms with Gasteiger partial charge in [0.1, 0.15) is 12.6 Å². The first-order valence-electron chi connectivity index (χ1n) is 3.82. The van der Waals surface area contributed by atoms with Gasteiger partial charge in [0.05, 0.1) is 0 Å². The van der Waals surface area contributed by atoms with E-state index in [1.165, 1.54) is 14.0 Å². The van der Waals surface area contributed by atoms with Crippen LogP contribution in [0.3, 0.4) is 0 Å². The van der Waals surface area contributed by atoms with Gasteiger partial charge in [-0.1, -0.05) is 0 Å². The molecule has 0 aromatic carbocycles. The second-order valence-electron chi connectivity index (χ2n) is 2.55. The zero-order valence-electron chi connectivity index (χ0n) is 7.99. The molecule has 5 nitrogen and oxygen atoms in total. The summed E-state index contributed by atoms with van der Waals surface area (Å²) in [5.41, 5.74) is 5.24. The lowest BCUT2D eigenvalue weighted by molar-refractivity contribution is -0.128. The van der Waals surface area contributed by atoms with Crippen molar-refractivity contribution in [2.24, 2.45) is 5.73 Å². The Balaban J connectivity index is 4.35. The molecule has 0 spiro atoms. The third-order valence-corrected chi connectivity index (χ3v) is 1.28. The lowest BCUT2D eigenvalue weighted by Gasteiger charge is -2.03. The van der Waals surface area contributed by atoms with E-state index in [1.54, 1.807) is 0 Å². The summed E-state index contributed by atoms with van der Waals surface area (Å²) in [4.78, 5) is 32.4. The highest BCUT2D eigenvalue weighted by molar-refractivity contribution is 6.16. The number of methoxy groups -OCH3 is 1. The van der Waals surface area contributed by atoms with Crippen LogP contribution in [-0.2, 0) is 19.1 Å². The van der Waals surface area contributed by atoms with E-state index in [-0.39, 0.29) is 6.61 Å². The summed E-state index contributed by atoms with van der Waals surface area (Å²) in [6, 6.07) is -1.33. The summed E-state index contributed by atoms with van der Waals surface area (Å²) in [6.45, 7) is 0.970. The molecule has 2 N–H and O–H groups in total. The number of nitrogens with two attached hydrogens (primary N) is 1. The average molecular weight is 197 g/mol. The SMILES string of the molecule is COCC(=O)C(N)C(=O)C#CC(C)=O. The third kappa shape index (κ3) is 4.50. The fourth-order valence-electron chi connectivity index (χ4n) is 0.606. The summed E-state index contributed by atoms with van der Waals surface area (Å²) in [5, 5.41) is 0. The number of carbonyl (C=O) groups excluding carboxylic acids is 3. The molecule has 0 aliphatic heterocycles. The van der Waals surface area contributed by atoms with Crippen molar-refractivity contribution in [2.75, 3.05) is 13.7 Å². The Hall–Kier alpha value is -1.51. The van der Waals surface area contributed by atoms with Gasteiger partial charge in [-0.15, -0.1) is 0 Å². The van der Waals surface area contributed by atoms with Crippen LogP contribution in [0.25, 0.3) is 0 Å². The van der Waals surface area contributed by atoms with Crippen molar-refractivity contribution < 1.29 is 19.1 Å². The van der Waals surface area contributed by atoms with Crippen LogP contribution in [0.4, 0.5) is 0 Å². The minimum absolute atomic E-state index is 0.241. The van der Waals surface area contributed by atoms with E-state index in [4.69, 9.17) is 5.73 Å². The predicted molar refractivity (Wildman–Crippen MR) is 48.3 cm³/mol. The van der Waals surface area contributed by atoms with Gasteiger partial charge in [-0.05, 0) is 11.8 Å². The van der Waals surface area contributed by atoms with Gasteiger partial charge in [0.2, 0.25) is 11.6 Å². The smallest absolute Gasteiger partial charge is 0.230 e. The van der Waals surface area contributed by atoms with Gasteiger partial charge in [0, 0.05) is 14.0 Å². The van der Waals surface area contributed by atoms with E-state index in [0.717, 1.165) is 0 Å². The lowest BCUT2D eigenvalue weighted by atomic mass is 10.1. The summed E-state index contributed by atoms with van der Waals surface area (Å²) in [5.74, 6) is 2.20. The van der Waals surface area contributed by atoms with E-state index >= 15 is 0 Å². The van der Waals surface area contributed by atoms with Crippen LogP contribution < -0.4 is 5.73 Å². The van der Waals surface area contributed by atoms with Crippen LogP contribution in [0.5, 0.6) is 0 Å². The molecule has 0 saturated carbocycles. The topological polar surface area (TPSA) is 86.5 Å². The number of ether oxygens (including phenoxy) is 1. The molecular weight excluding hydrogens is 186 g/mol. The molecule has 0 heterocycles.